The lowest BCUT2D eigenvalue weighted by molar-refractivity contribution is -0.384. The van der Waals surface area contributed by atoms with Crippen molar-refractivity contribution in [3.63, 3.8) is 0 Å². The Morgan fingerprint density at radius 2 is 1.79 bits per heavy atom. The molecule has 4 aromatic rings. The van der Waals surface area contributed by atoms with Crippen molar-refractivity contribution >= 4 is 34.0 Å². The number of anilines is 1. The summed E-state index contributed by atoms with van der Waals surface area (Å²) in [6.07, 6.45) is 1.75. The van der Waals surface area contributed by atoms with Crippen molar-refractivity contribution in [2.24, 2.45) is 0 Å². The minimum absolute atomic E-state index is 0.0118. The molecule has 33 heavy (non-hydrogen) atoms. The maximum absolute atomic E-state index is 13.7. The SMILES string of the molecule is COC(=O)C1(c2cn(Cc3ccccc3)c3ccccc23)Nc2c(cccc2[N+](=O)[O-])C1=O. The van der Waals surface area contributed by atoms with Crippen LogP contribution in [0.5, 0.6) is 0 Å². The van der Waals surface area contributed by atoms with Crippen LogP contribution in [0.25, 0.3) is 10.9 Å². The first-order valence-electron chi connectivity index (χ1n) is 10.3. The molecule has 0 saturated carbocycles. The Kier molecular flexibility index (Phi) is 4.70. The molecular formula is C25H19N3O5. The molecule has 1 aliphatic rings. The summed E-state index contributed by atoms with van der Waals surface area (Å²) >= 11 is 0. The molecule has 1 aromatic heterocycles. The topological polar surface area (TPSA) is 103 Å². The van der Waals surface area contributed by atoms with Gasteiger partial charge < -0.3 is 14.6 Å². The molecule has 0 amide bonds. The Balaban J connectivity index is 1.74. The van der Waals surface area contributed by atoms with Crippen molar-refractivity contribution in [1.29, 1.82) is 0 Å². The lowest BCUT2D eigenvalue weighted by Crippen LogP contribution is -2.47. The van der Waals surface area contributed by atoms with E-state index in [1.54, 1.807) is 6.20 Å². The molecule has 0 saturated heterocycles. The van der Waals surface area contributed by atoms with E-state index in [-0.39, 0.29) is 16.9 Å². The highest BCUT2D eigenvalue weighted by atomic mass is 16.6. The number of carbonyl (C=O) groups excluding carboxylic acids is 2. The number of para-hydroxylation sites is 2. The smallest absolute Gasteiger partial charge is 0.344 e. The third-order valence-electron chi connectivity index (χ3n) is 6.02. The van der Waals surface area contributed by atoms with Gasteiger partial charge in [-0.15, -0.1) is 0 Å². The van der Waals surface area contributed by atoms with Gasteiger partial charge in [0.05, 0.1) is 17.6 Å². The molecule has 0 spiro atoms. The molecule has 1 unspecified atom stereocenters. The summed E-state index contributed by atoms with van der Waals surface area (Å²) < 4.78 is 7.02. The van der Waals surface area contributed by atoms with E-state index in [9.17, 15) is 19.7 Å². The number of carbonyl (C=O) groups is 2. The van der Waals surface area contributed by atoms with Crippen molar-refractivity contribution < 1.29 is 19.2 Å². The van der Waals surface area contributed by atoms with Crippen molar-refractivity contribution in [3.05, 3.63) is 106 Å². The summed E-state index contributed by atoms with van der Waals surface area (Å²) in [7, 11) is 1.19. The number of ketones is 1. The Morgan fingerprint density at radius 3 is 2.52 bits per heavy atom. The number of esters is 1. The molecule has 164 valence electrons. The van der Waals surface area contributed by atoms with E-state index in [0.717, 1.165) is 11.1 Å². The molecule has 2 heterocycles. The number of nitro groups is 1. The molecule has 0 aliphatic carbocycles. The van der Waals surface area contributed by atoms with Gasteiger partial charge in [-0.1, -0.05) is 54.6 Å². The zero-order valence-electron chi connectivity index (χ0n) is 17.6. The molecule has 0 radical (unpaired) electrons. The zero-order valence-corrected chi connectivity index (χ0v) is 17.6. The summed E-state index contributed by atoms with van der Waals surface area (Å²) in [4.78, 5) is 38.0. The van der Waals surface area contributed by atoms with Crippen LogP contribution in [0.3, 0.4) is 0 Å². The molecule has 1 atom stereocenters. The summed E-state index contributed by atoms with van der Waals surface area (Å²) in [5, 5.41) is 15.2. The number of fused-ring (bicyclic) bond motifs is 2. The van der Waals surface area contributed by atoms with Crippen molar-refractivity contribution in [2.75, 3.05) is 12.4 Å². The fourth-order valence-electron chi connectivity index (χ4n) is 4.51. The second kappa shape index (κ2) is 7.59. The van der Waals surface area contributed by atoms with Gasteiger partial charge >= 0.3 is 5.97 Å². The lowest BCUT2D eigenvalue weighted by atomic mass is 9.85. The second-order valence-electron chi connectivity index (χ2n) is 7.83. The van der Waals surface area contributed by atoms with Gasteiger partial charge in [0, 0.05) is 35.3 Å². The molecular weight excluding hydrogens is 422 g/mol. The van der Waals surface area contributed by atoms with Gasteiger partial charge in [-0.3, -0.25) is 14.9 Å². The second-order valence-corrected chi connectivity index (χ2v) is 7.83. The highest BCUT2D eigenvalue weighted by Crippen LogP contribution is 2.46. The first-order chi connectivity index (χ1) is 16.0. The van der Waals surface area contributed by atoms with Gasteiger partial charge in [0.1, 0.15) is 5.69 Å². The third-order valence-corrected chi connectivity index (χ3v) is 6.02. The van der Waals surface area contributed by atoms with E-state index in [0.29, 0.717) is 17.5 Å². The third kappa shape index (κ3) is 2.99. The predicted octanol–water partition coefficient (Wildman–Crippen LogP) is 4.27. The number of aromatic nitrogens is 1. The zero-order chi connectivity index (χ0) is 23.2. The van der Waals surface area contributed by atoms with Crippen LogP contribution in [0.4, 0.5) is 11.4 Å². The number of benzene rings is 3. The number of hydrogen-bond donors (Lipinski definition) is 1. The molecule has 1 aliphatic heterocycles. The van der Waals surface area contributed by atoms with Gasteiger partial charge in [0.15, 0.2) is 0 Å². The average Bonchev–Trinajstić information content (AvgIpc) is 3.35. The van der Waals surface area contributed by atoms with Gasteiger partial charge in [-0.05, 0) is 17.7 Å². The summed E-state index contributed by atoms with van der Waals surface area (Å²) in [6, 6.07) is 21.4. The highest BCUT2D eigenvalue weighted by molar-refractivity contribution is 6.26. The molecule has 0 bridgehead atoms. The summed E-state index contributed by atoms with van der Waals surface area (Å²) in [6.45, 7) is 0.514. The average molecular weight is 441 g/mol. The number of nitrogens with one attached hydrogen (secondary N) is 1. The minimum atomic E-state index is -1.94. The summed E-state index contributed by atoms with van der Waals surface area (Å²) in [5.41, 5.74) is 0.120. The van der Waals surface area contributed by atoms with E-state index >= 15 is 0 Å². The number of rotatable bonds is 5. The van der Waals surface area contributed by atoms with Gasteiger partial charge in [0.25, 0.3) is 5.69 Å². The van der Waals surface area contributed by atoms with E-state index in [1.165, 1.54) is 25.3 Å². The monoisotopic (exact) mass is 441 g/mol. The van der Waals surface area contributed by atoms with Crippen LogP contribution in [0.1, 0.15) is 21.5 Å². The van der Waals surface area contributed by atoms with E-state index in [1.807, 2.05) is 59.2 Å². The standard InChI is InChI=1S/C25H19N3O5/c1-33-24(30)25(23(29)18-11-7-13-21(28(31)32)22(18)26-25)19-15-27(14-16-8-3-2-4-9-16)20-12-6-5-10-17(19)20/h2-13,15,26H,14H2,1H3. The van der Waals surface area contributed by atoms with Crippen LogP contribution in [0, 0.1) is 10.1 Å². The van der Waals surface area contributed by atoms with E-state index < -0.39 is 22.2 Å². The number of methoxy groups -OCH3 is 1. The van der Waals surface area contributed by atoms with Gasteiger partial charge in [-0.2, -0.15) is 0 Å². The van der Waals surface area contributed by atoms with Crippen LogP contribution < -0.4 is 5.32 Å². The Hall–Kier alpha value is -4.46. The summed E-state index contributed by atoms with van der Waals surface area (Å²) in [5.74, 6) is -1.42. The minimum Gasteiger partial charge on any atom is -0.467 e. The van der Waals surface area contributed by atoms with E-state index in [4.69, 9.17) is 4.74 Å². The number of ether oxygens (including phenoxy) is 1. The number of nitro benzene ring substituents is 1. The predicted molar refractivity (Wildman–Crippen MR) is 122 cm³/mol. The van der Waals surface area contributed by atoms with Crippen molar-refractivity contribution in [3.8, 4) is 0 Å². The highest BCUT2D eigenvalue weighted by Gasteiger charge is 2.57. The lowest BCUT2D eigenvalue weighted by Gasteiger charge is -2.25. The quantitative estimate of drug-likeness (QED) is 0.215. The molecule has 0 fully saturated rings. The molecule has 5 rings (SSSR count). The van der Waals surface area contributed by atoms with Crippen LogP contribution in [-0.4, -0.2) is 28.4 Å². The van der Waals surface area contributed by atoms with Crippen molar-refractivity contribution in [2.45, 2.75) is 12.1 Å². The number of hydrogen-bond acceptors (Lipinski definition) is 6. The fraction of sp³-hybridized carbons (Fsp3) is 0.120. The fourth-order valence-corrected chi connectivity index (χ4v) is 4.51. The van der Waals surface area contributed by atoms with Crippen LogP contribution in [0.2, 0.25) is 0 Å². The largest absolute Gasteiger partial charge is 0.467 e. The van der Waals surface area contributed by atoms with Gasteiger partial charge in [0.2, 0.25) is 11.3 Å². The number of Topliss-reactive ketones (excluding diaryl/α,β-unsaturated/α-hetero) is 1. The number of nitrogens with zero attached hydrogens (tertiary/aromatic N) is 2. The van der Waals surface area contributed by atoms with Gasteiger partial charge in [-0.25, -0.2) is 4.79 Å². The molecule has 1 N–H and O–H groups in total. The maximum atomic E-state index is 13.7. The Labute approximate surface area is 188 Å². The first-order valence-corrected chi connectivity index (χ1v) is 10.3. The molecule has 8 nitrogen and oxygen atoms in total. The first kappa shape index (κ1) is 20.4. The van der Waals surface area contributed by atoms with Crippen LogP contribution in [0.15, 0.2) is 79.0 Å². The van der Waals surface area contributed by atoms with Crippen molar-refractivity contribution in [1.82, 2.24) is 4.57 Å². The maximum Gasteiger partial charge on any atom is 0.344 e. The molecule has 8 heteroatoms. The molecule has 3 aromatic carbocycles. The van der Waals surface area contributed by atoms with E-state index in [2.05, 4.69) is 5.32 Å². The van der Waals surface area contributed by atoms with Crippen LogP contribution >= 0.6 is 0 Å². The Morgan fingerprint density at radius 1 is 1.06 bits per heavy atom. The Bertz CT molecular complexity index is 1430. The normalized spacial score (nSPS) is 16.9. The van der Waals surface area contributed by atoms with Crippen LogP contribution in [-0.2, 0) is 21.6 Å².